The van der Waals surface area contributed by atoms with Crippen molar-refractivity contribution < 1.29 is 23.8 Å². The highest BCUT2D eigenvalue weighted by molar-refractivity contribution is 6.04. The number of carbonyl (C=O) groups is 2. The van der Waals surface area contributed by atoms with Gasteiger partial charge in [-0.2, -0.15) is 5.26 Å². The lowest BCUT2D eigenvalue weighted by atomic mass is 10.1. The van der Waals surface area contributed by atoms with Gasteiger partial charge < -0.3 is 29.0 Å². The summed E-state index contributed by atoms with van der Waals surface area (Å²) in [5.41, 5.74) is 3.24. The molecule has 1 aliphatic heterocycles. The number of anilines is 1. The Morgan fingerprint density at radius 3 is 2.63 bits per heavy atom. The number of aromatic nitrogens is 1. The number of benzene rings is 1. The van der Waals surface area contributed by atoms with Gasteiger partial charge in [0.05, 0.1) is 12.6 Å². The van der Waals surface area contributed by atoms with Crippen LogP contribution in [0, 0.1) is 25.2 Å². The number of fused-ring (bicyclic) bond motifs is 1. The van der Waals surface area contributed by atoms with E-state index in [9.17, 15) is 14.9 Å². The smallest absolute Gasteiger partial charge is 0.264 e. The lowest BCUT2D eigenvalue weighted by Gasteiger charge is -2.21. The topological polar surface area (TPSA) is 106 Å². The van der Waals surface area contributed by atoms with Gasteiger partial charge >= 0.3 is 0 Å². The summed E-state index contributed by atoms with van der Waals surface area (Å²) in [7, 11) is 1.65. The zero-order chi connectivity index (χ0) is 25.5. The molecule has 0 bridgehead atoms. The van der Waals surface area contributed by atoms with Crippen LogP contribution in [0.5, 0.6) is 11.5 Å². The predicted octanol–water partition coefficient (Wildman–Crippen LogP) is 3.48. The van der Waals surface area contributed by atoms with Crippen LogP contribution in [0.2, 0.25) is 0 Å². The SMILES string of the molecule is CCN(CC(=O)Nc1ccc2c(c1)OCCO2)C(=O)/C(C#N)=C\c1cc(C)n(C(C)COC)c1C. The molecule has 1 atom stereocenters. The van der Waals surface area contributed by atoms with Crippen LogP contribution in [0.15, 0.2) is 29.8 Å². The highest BCUT2D eigenvalue weighted by atomic mass is 16.6. The van der Waals surface area contributed by atoms with E-state index in [0.717, 1.165) is 17.0 Å². The van der Waals surface area contributed by atoms with Gasteiger partial charge in [0.15, 0.2) is 11.5 Å². The van der Waals surface area contributed by atoms with Gasteiger partial charge in [0, 0.05) is 36.8 Å². The van der Waals surface area contributed by atoms with Crippen molar-refractivity contribution in [1.29, 1.82) is 5.26 Å². The summed E-state index contributed by atoms with van der Waals surface area (Å²) >= 11 is 0. The van der Waals surface area contributed by atoms with Crippen molar-refractivity contribution in [3.63, 3.8) is 0 Å². The summed E-state index contributed by atoms with van der Waals surface area (Å²) in [4.78, 5) is 27.1. The van der Waals surface area contributed by atoms with Gasteiger partial charge in [0.25, 0.3) is 5.91 Å². The summed E-state index contributed by atoms with van der Waals surface area (Å²) in [6.07, 6.45) is 1.59. The Bertz CT molecular complexity index is 1160. The normalized spacial score (nSPS) is 13.7. The third-order valence-corrected chi connectivity index (χ3v) is 5.85. The molecule has 0 radical (unpaired) electrons. The van der Waals surface area contributed by atoms with Gasteiger partial charge in [-0.3, -0.25) is 9.59 Å². The van der Waals surface area contributed by atoms with Crippen LogP contribution in [-0.2, 0) is 14.3 Å². The van der Waals surface area contributed by atoms with E-state index in [4.69, 9.17) is 14.2 Å². The Hall–Kier alpha value is -3.77. The van der Waals surface area contributed by atoms with E-state index in [1.165, 1.54) is 4.90 Å². The van der Waals surface area contributed by atoms with Crippen LogP contribution in [0.1, 0.15) is 36.8 Å². The maximum atomic E-state index is 13.1. The second-order valence-electron chi connectivity index (χ2n) is 8.40. The molecule has 9 heteroatoms. The van der Waals surface area contributed by atoms with E-state index in [2.05, 4.69) is 9.88 Å². The lowest BCUT2D eigenvalue weighted by Crippen LogP contribution is -2.38. The molecule has 35 heavy (non-hydrogen) atoms. The van der Waals surface area contributed by atoms with Crippen molar-refractivity contribution in [2.75, 3.05) is 45.3 Å². The molecule has 0 fully saturated rings. The minimum atomic E-state index is -0.498. The Balaban J connectivity index is 1.73. The molecular weight excluding hydrogens is 448 g/mol. The van der Waals surface area contributed by atoms with Crippen LogP contribution >= 0.6 is 0 Å². The molecule has 1 aromatic carbocycles. The fourth-order valence-electron chi connectivity index (χ4n) is 4.23. The van der Waals surface area contributed by atoms with E-state index in [0.29, 0.717) is 37.0 Å². The van der Waals surface area contributed by atoms with E-state index in [1.54, 1.807) is 38.3 Å². The van der Waals surface area contributed by atoms with Crippen molar-refractivity contribution in [2.45, 2.75) is 33.7 Å². The van der Waals surface area contributed by atoms with Crippen LogP contribution in [0.25, 0.3) is 6.08 Å². The quantitative estimate of drug-likeness (QED) is 0.435. The number of rotatable bonds is 9. The summed E-state index contributed by atoms with van der Waals surface area (Å²) in [5, 5.41) is 12.5. The number of amides is 2. The fraction of sp³-hybridized carbons (Fsp3) is 0.423. The van der Waals surface area contributed by atoms with Gasteiger partial charge in [-0.25, -0.2) is 0 Å². The number of methoxy groups -OCH3 is 1. The molecule has 0 saturated heterocycles. The number of hydrogen-bond acceptors (Lipinski definition) is 6. The highest BCUT2D eigenvalue weighted by Crippen LogP contribution is 2.32. The molecular formula is C26H32N4O5. The zero-order valence-corrected chi connectivity index (χ0v) is 20.9. The number of nitrogens with one attached hydrogen (secondary N) is 1. The Labute approximate surface area is 205 Å². The van der Waals surface area contributed by atoms with Gasteiger partial charge in [0.1, 0.15) is 31.4 Å². The van der Waals surface area contributed by atoms with E-state index < -0.39 is 5.91 Å². The first kappa shape index (κ1) is 25.8. The molecule has 1 N–H and O–H groups in total. The zero-order valence-electron chi connectivity index (χ0n) is 20.9. The molecule has 2 aromatic rings. The highest BCUT2D eigenvalue weighted by Gasteiger charge is 2.22. The number of nitriles is 1. The first-order valence-corrected chi connectivity index (χ1v) is 11.6. The summed E-state index contributed by atoms with van der Waals surface area (Å²) in [6.45, 7) is 9.30. The average molecular weight is 481 g/mol. The summed E-state index contributed by atoms with van der Waals surface area (Å²) in [6, 6.07) is 9.19. The van der Waals surface area contributed by atoms with Crippen LogP contribution in [0.4, 0.5) is 5.69 Å². The minimum Gasteiger partial charge on any atom is -0.486 e. The number of hydrogen-bond donors (Lipinski definition) is 1. The second-order valence-corrected chi connectivity index (χ2v) is 8.40. The molecule has 186 valence electrons. The van der Waals surface area contributed by atoms with E-state index in [1.807, 2.05) is 32.9 Å². The van der Waals surface area contributed by atoms with Gasteiger partial charge in [0.2, 0.25) is 5.91 Å². The molecule has 2 amide bonds. The molecule has 9 nitrogen and oxygen atoms in total. The van der Waals surface area contributed by atoms with E-state index >= 15 is 0 Å². The molecule has 1 aromatic heterocycles. The molecule has 0 saturated carbocycles. The van der Waals surface area contributed by atoms with Crippen molar-refractivity contribution >= 4 is 23.6 Å². The van der Waals surface area contributed by atoms with Gasteiger partial charge in [-0.05, 0) is 57.5 Å². The standard InChI is InChI=1S/C26H32N4O5/c1-6-29(15-25(31)28-22-7-8-23-24(13-22)35-10-9-34-23)26(32)21(14-27)12-20-11-17(2)30(19(20)4)18(3)16-33-5/h7-8,11-13,18H,6,9-10,15-16H2,1-5H3,(H,28,31)/b21-12-. The van der Waals surface area contributed by atoms with Crippen LogP contribution < -0.4 is 14.8 Å². The Morgan fingerprint density at radius 1 is 1.26 bits per heavy atom. The van der Waals surface area contributed by atoms with Crippen molar-refractivity contribution in [3.8, 4) is 17.6 Å². The maximum absolute atomic E-state index is 13.1. The number of likely N-dealkylation sites (N-methyl/N-ethyl adjacent to an activating group) is 1. The summed E-state index contributed by atoms with van der Waals surface area (Å²) in [5.74, 6) is 0.312. The average Bonchev–Trinajstić information content (AvgIpc) is 3.13. The number of ether oxygens (including phenoxy) is 3. The molecule has 1 unspecified atom stereocenters. The molecule has 1 aliphatic rings. The molecule has 0 spiro atoms. The lowest BCUT2D eigenvalue weighted by molar-refractivity contribution is -0.130. The largest absolute Gasteiger partial charge is 0.486 e. The number of carbonyl (C=O) groups excluding carboxylic acids is 2. The van der Waals surface area contributed by atoms with Crippen molar-refractivity contribution in [1.82, 2.24) is 9.47 Å². The first-order chi connectivity index (χ1) is 16.8. The molecule has 0 aliphatic carbocycles. The predicted molar refractivity (Wildman–Crippen MR) is 132 cm³/mol. The number of nitrogens with zero attached hydrogens (tertiary/aromatic N) is 3. The Morgan fingerprint density at radius 2 is 1.97 bits per heavy atom. The summed E-state index contributed by atoms with van der Waals surface area (Å²) < 4.78 is 18.4. The van der Waals surface area contributed by atoms with Crippen molar-refractivity contribution in [2.24, 2.45) is 0 Å². The third kappa shape index (κ3) is 6.03. The minimum absolute atomic E-state index is 0.0291. The molecule has 2 heterocycles. The second kappa shape index (κ2) is 11.6. The fourth-order valence-corrected chi connectivity index (χ4v) is 4.23. The third-order valence-electron chi connectivity index (χ3n) is 5.85. The maximum Gasteiger partial charge on any atom is 0.264 e. The number of aryl methyl sites for hydroxylation is 1. The van der Waals surface area contributed by atoms with E-state index in [-0.39, 0.29) is 30.6 Å². The van der Waals surface area contributed by atoms with Gasteiger partial charge in [-0.1, -0.05) is 0 Å². The monoisotopic (exact) mass is 480 g/mol. The van der Waals surface area contributed by atoms with Crippen LogP contribution in [0.3, 0.4) is 0 Å². The van der Waals surface area contributed by atoms with Crippen molar-refractivity contribution in [3.05, 3.63) is 46.8 Å². The Kier molecular flexibility index (Phi) is 8.55. The van der Waals surface area contributed by atoms with Crippen LogP contribution in [-0.4, -0.2) is 61.3 Å². The first-order valence-electron chi connectivity index (χ1n) is 11.6. The van der Waals surface area contributed by atoms with Gasteiger partial charge in [-0.15, -0.1) is 0 Å². The molecule has 3 rings (SSSR count).